The van der Waals surface area contributed by atoms with Crippen molar-refractivity contribution in [1.29, 1.82) is 0 Å². The second-order valence-corrected chi connectivity index (χ2v) is 12.6. The number of methoxy groups -OCH3 is 1. The highest BCUT2D eigenvalue weighted by Gasteiger charge is 2.34. The van der Waals surface area contributed by atoms with E-state index in [9.17, 15) is 13.2 Å². The molecule has 39 heavy (non-hydrogen) atoms. The molecule has 0 fully saturated rings. The van der Waals surface area contributed by atoms with Crippen molar-refractivity contribution in [2.45, 2.75) is 66.3 Å². The molecule has 0 saturated carbocycles. The van der Waals surface area contributed by atoms with Crippen LogP contribution in [0.3, 0.4) is 0 Å². The smallest absolute Gasteiger partial charge is 0.339 e. The molecule has 3 aromatic carbocycles. The number of aryl methyl sites for hydroxylation is 1. The molecule has 0 spiro atoms. The molecule has 0 unspecified atom stereocenters. The van der Waals surface area contributed by atoms with Crippen LogP contribution in [-0.4, -0.2) is 33.4 Å². The van der Waals surface area contributed by atoms with Crippen LogP contribution in [0.4, 0.5) is 5.69 Å². The summed E-state index contributed by atoms with van der Waals surface area (Å²) in [6.45, 7) is 12.4. The number of nitrogens with one attached hydrogen (secondary N) is 2. The molecule has 0 saturated heterocycles. The molecule has 0 amide bonds. The fourth-order valence-electron chi connectivity index (χ4n) is 4.67. The molecule has 3 rings (SSSR count). The molecular formula is C31H40N2O5S. The van der Waals surface area contributed by atoms with Crippen LogP contribution in [0.1, 0.15) is 60.3 Å². The first-order valence-corrected chi connectivity index (χ1v) is 14.8. The second-order valence-electron chi connectivity index (χ2n) is 10.9. The third-order valence-corrected chi connectivity index (χ3v) is 7.00. The predicted molar refractivity (Wildman–Crippen MR) is 157 cm³/mol. The van der Waals surface area contributed by atoms with Crippen molar-refractivity contribution in [3.8, 4) is 11.1 Å². The number of ether oxygens (including phenoxy) is 2. The van der Waals surface area contributed by atoms with Crippen LogP contribution in [0.2, 0.25) is 0 Å². The Morgan fingerprint density at radius 3 is 2.08 bits per heavy atom. The summed E-state index contributed by atoms with van der Waals surface area (Å²) in [6, 6.07) is 18.1. The minimum Gasteiger partial charge on any atom is -0.467 e. The van der Waals surface area contributed by atoms with E-state index >= 15 is 0 Å². The lowest BCUT2D eigenvalue weighted by Gasteiger charge is -2.31. The lowest BCUT2D eigenvalue weighted by molar-refractivity contribution is -0.164. The Kier molecular flexibility index (Phi) is 9.59. The first-order valence-electron chi connectivity index (χ1n) is 12.9. The van der Waals surface area contributed by atoms with Gasteiger partial charge in [0.25, 0.3) is 0 Å². The van der Waals surface area contributed by atoms with Gasteiger partial charge in [-0.05, 0) is 74.9 Å². The summed E-state index contributed by atoms with van der Waals surface area (Å²) < 4.78 is 39.3. The lowest BCUT2D eigenvalue weighted by Crippen LogP contribution is -2.30. The van der Waals surface area contributed by atoms with Crippen LogP contribution < -0.4 is 10.0 Å². The Bertz CT molecular complexity index is 1410. The Labute approximate surface area is 233 Å². The van der Waals surface area contributed by atoms with Crippen LogP contribution in [0.15, 0.2) is 54.6 Å². The zero-order valence-corrected chi connectivity index (χ0v) is 25.0. The first-order chi connectivity index (χ1) is 18.2. The predicted octanol–water partition coefficient (Wildman–Crippen LogP) is 5.97. The molecule has 0 bridgehead atoms. The van der Waals surface area contributed by atoms with Gasteiger partial charge in [-0.3, -0.25) is 4.72 Å². The molecule has 0 radical (unpaired) electrons. The fourth-order valence-corrected chi connectivity index (χ4v) is 5.31. The third-order valence-electron chi connectivity index (χ3n) is 6.43. The van der Waals surface area contributed by atoms with E-state index in [4.69, 9.17) is 9.47 Å². The Hall–Kier alpha value is -3.20. The Morgan fingerprint density at radius 1 is 0.923 bits per heavy atom. The van der Waals surface area contributed by atoms with Gasteiger partial charge in [0.2, 0.25) is 10.0 Å². The van der Waals surface area contributed by atoms with Crippen molar-refractivity contribution in [2.24, 2.45) is 0 Å². The topological polar surface area (TPSA) is 93.7 Å². The maximum atomic E-state index is 13.2. The molecule has 0 aliphatic carbocycles. The van der Waals surface area contributed by atoms with Gasteiger partial charge in [-0.1, -0.05) is 60.2 Å². The molecule has 0 aromatic heterocycles. The highest BCUT2D eigenvalue weighted by atomic mass is 32.2. The minimum atomic E-state index is -3.64. The number of hydrogen-bond acceptors (Lipinski definition) is 6. The lowest BCUT2D eigenvalue weighted by atomic mass is 9.84. The normalized spacial score (nSPS) is 12.7. The third kappa shape index (κ3) is 7.91. The fraction of sp³-hybridized carbons (Fsp3) is 0.387. The quantitative estimate of drug-likeness (QED) is 0.301. The van der Waals surface area contributed by atoms with Gasteiger partial charge in [0, 0.05) is 18.7 Å². The van der Waals surface area contributed by atoms with E-state index < -0.39 is 27.7 Å². The molecule has 2 N–H and O–H groups in total. The van der Waals surface area contributed by atoms with Crippen LogP contribution in [-0.2, 0) is 37.4 Å². The zero-order valence-electron chi connectivity index (χ0n) is 24.1. The van der Waals surface area contributed by atoms with E-state index in [2.05, 4.69) is 10.0 Å². The summed E-state index contributed by atoms with van der Waals surface area (Å²) in [5, 5.41) is 3.46. The van der Waals surface area contributed by atoms with E-state index in [0.717, 1.165) is 39.6 Å². The standard InChI is InChI=1S/C31H40N2O5S/c1-20-14-16-24(17-15-20)26-21(2)25(19-32-18-23-12-10-9-11-13-23)28(33-39(8,35)36)22(3)27(26)29(30(34)37-7)38-31(4,5)6/h9-17,29,32-33H,18-19H2,1-8H3/t29-/m0/s1. The molecule has 0 aliphatic heterocycles. The van der Waals surface area contributed by atoms with Gasteiger partial charge in [0.1, 0.15) is 0 Å². The van der Waals surface area contributed by atoms with Crippen molar-refractivity contribution in [2.75, 3.05) is 18.1 Å². The first kappa shape index (κ1) is 30.3. The van der Waals surface area contributed by atoms with Crippen molar-refractivity contribution in [3.05, 3.63) is 88.0 Å². The summed E-state index contributed by atoms with van der Waals surface area (Å²) in [5.74, 6) is -0.555. The second kappa shape index (κ2) is 12.3. The average Bonchev–Trinajstić information content (AvgIpc) is 2.86. The number of carbonyl (C=O) groups is 1. The van der Waals surface area contributed by atoms with Gasteiger partial charge in [0.05, 0.1) is 24.7 Å². The highest BCUT2D eigenvalue weighted by molar-refractivity contribution is 7.92. The van der Waals surface area contributed by atoms with Gasteiger partial charge in [-0.15, -0.1) is 0 Å². The largest absolute Gasteiger partial charge is 0.467 e. The maximum absolute atomic E-state index is 13.2. The number of rotatable bonds is 10. The van der Waals surface area contributed by atoms with E-state index in [-0.39, 0.29) is 0 Å². The molecular weight excluding hydrogens is 512 g/mol. The summed E-state index contributed by atoms with van der Waals surface area (Å²) in [7, 11) is -2.31. The van der Waals surface area contributed by atoms with E-state index in [0.29, 0.717) is 29.9 Å². The molecule has 7 nitrogen and oxygen atoms in total. The van der Waals surface area contributed by atoms with Gasteiger partial charge >= 0.3 is 5.97 Å². The van der Waals surface area contributed by atoms with E-state index in [1.165, 1.54) is 7.11 Å². The van der Waals surface area contributed by atoms with Crippen molar-refractivity contribution in [3.63, 3.8) is 0 Å². The SMILES string of the molecule is COC(=O)[C@@H](OC(C)(C)C)c1c(C)c(NS(C)(=O)=O)c(CNCc2ccccc2)c(C)c1-c1ccc(C)cc1. The van der Waals surface area contributed by atoms with Crippen molar-refractivity contribution >= 4 is 21.7 Å². The minimum absolute atomic E-state index is 0.404. The number of benzene rings is 3. The number of sulfonamides is 1. The Morgan fingerprint density at radius 2 is 1.54 bits per heavy atom. The van der Waals surface area contributed by atoms with Crippen LogP contribution in [0, 0.1) is 20.8 Å². The van der Waals surface area contributed by atoms with Gasteiger partial charge in [-0.25, -0.2) is 13.2 Å². The van der Waals surface area contributed by atoms with E-state index in [1.807, 2.05) is 96.1 Å². The van der Waals surface area contributed by atoms with Gasteiger partial charge in [0.15, 0.2) is 6.10 Å². The number of carbonyl (C=O) groups excluding carboxylic acids is 1. The zero-order chi connectivity index (χ0) is 29.0. The summed E-state index contributed by atoms with van der Waals surface area (Å²) in [6.07, 6.45) is 0.0522. The van der Waals surface area contributed by atoms with Crippen LogP contribution in [0.5, 0.6) is 0 Å². The summed E-state index contributed by atoms with van der Waals surface area (Å²) >= 11 is 0. The number of esters is 1. The Balaban J connectivity index is 2.32. The van der Waals surface area contributed by atoms with Crippen molar-refractivity contribution in [1.82, 2.24) is 5.32 Å². The number of hydrogen-bond donors (Lipinski definition) is 2. The van der Waals surface area contributed by atoms with Gasteiger partial charge < -0.3 is 14.8 Å². The average molecular weight is 553 g/mol. The molecule has 1 atom stereocenters. The summed E-state index contributed by atoms with van der Waals surface area (Å²) in [5.41, 5.74) is 6.53. The molecule has 3 aromatic rings. The van der Waals surface area contributed by atoms with Crippen LogP contribution >= 0.6 is 0 Å². The molecule has 210 valence electrons. The summed E-state index contributed by atoms with van der Waals surface area (Å²) in [4.78, 5) is 13.2. The monoisotopic (exact) mass is 552 g/mol. The van der Waals surface area contributed by atoms with Crippen LogP contribution in [0.25, 0.3) is 11.1 Å². The van der Waals surface area contributed by atoms with E-state index in [1.54, 1.807) is 0 Å². The molecule has 8 heteroatoms. The molecule has 0 aliphatic rings. The van der Waals surface area contributed by atoms with Crippen molar-refractivity contribution < 1.29 is 22.7 Å². The molecule has 0 heterocycles. The maximum Gasteiger partial charge on any atom is 0.339 e. The van der Waals surface area contributed by atoms with Gasteiger partial charge in [-0.2, -0.15) is 0 Å². The highest BCUT2D eigenvalue weighted by Crippen LogP contribution is 2.43. The number of anilines is 1.